The highest BCUT2D eigenvalue weighted by atomic mass is 32.2. The molecule has 2 aromatic rings. The van der Waals surface area contributed by atoms with Crippen molar-refractivity contribution in [1.82, 2.24) is 0 Å². The maximum atomic E-state index is 14.5. The van der Waals surface area contributed by atoms with E-state index in [1.54, 1.807) is 36.4 Å². The SMILES string of the molecule is O=C(OCC1(C(F)(F)F)CC2c3ccccc3C1c1ccccc12)C(F)(F)S(=O)(=O)O. The van der Waals surface area contributed by atoms with Crippen LogP contribution in [0.25, 0.3) is 0 Å². The van der Waals surface area contributed by atoms with Crippen molar-refractivity contribution in [3.8, 4) is 0 Å². The first-order valence-electron chi connectivity index (χ1n) is 9.08. The molecule has 0 spiro atoms. The molecule has 2 bridgehead atoms. The fourth-order valence-electron chi connectivity index (χ4n) is 4.70. The van der Waals surface area contributed by atoms with Crippen LogP contribution < -0.4 is 0 Å². The Kier molecular flexibility index (Phi) is 4.71. The monoisotopic (exact) mass is 462 g/mol. The maximum Gasteiger partial charge on any atom is 0.465 e. The van der Waals surface area contributed by atoms with Gasteiger partial charge in [-0.3, -0.25) is 4.55 Å². The van der Waals surface area contributed by atoms with Crippen LogP contribution >= 0.6 is 0 Å². The van der Waals surface area contributed by atoms with E-state index in [9.17, 15) is 35.2 Å². The van der Waals surface area contributed by atoms with Crippen LogP contribution in [-0.4, -0.2) is 37.0 Å². The van der Waals surface area contributed by atoms with E-state index in [4.69, 9.17) is 4.55 Å². The second-order valence-corrected chi connectivity index (χ2v) is 9.13. The Morgan fingerprint density at radius 1 is 0.968 bits per heavy atom. The predicted molar refractivity (Wildman–Crippen MR) is 97.1 cm³/mol. The van der Waals surface area contributed by atoms with Gasteiger partial charge in [-0.25, -0.2) is 4.79 Å². The molecule has 0 saturated heterocycles. The Morgan fingerprint density at radius 3 is 1.84 bits per heavy atom. The molecule has 0 aliphatic heterocycles. The lowest BCUT2D eigenvalue weighted by Crippen LogP contribution is -2.54. The number of hydrogen-bond acceptors (Lipinski definition) is 4. The van der Waals surface area contributed by atoms with Gasteiger partial charge in [-0.15, -0.1) is 0 Å². The zero-order valence-corrected chi connectivity index (χ0v) is 16.4. The molecule has 5 nitrogen and oxygen atoms in total. The lowest BCUT2D eigenvalue weighted by molar-refractivity contribution is -0.253. The van der Waals surface area contributed by atoms with Gasteiger partial charge in [0.2, 0.25) is 0 Å². The predicted octanol–water partition coefficient (Wildman–Crippen LogP) is 4.24. The lowest BCUT2D eigenvalue weighted by Gasteiger charge is -2.53. The second-order valence-electron chi connectivity index (χ2n) is 7.67. The van der Waals surface area contributed by atoms with Gasteiger partial charge in [0.1, 0.15) is 12.0 Å². The number of ether oxygens (including phenoxy) is 1. The Hall–Kier alpha value is -2.53. The van der Waals surface area contributed by atoms with Crippen molar-refractivity contribution in [1.29, 1.82) is 0 Å². The fourth-order valence-corrected chi connectivity index (χ4v) is 4.97. The number of rotatable bonds is 4. The molecule has 0 fully saturated rings. The lowest BCUT2D eigenvalue weighted by atomic mass is 9.52. The van der Waals surface area contributed by atoms with Gasteiger partial charge < -0.3 is 4.74 Å². The number of fused-ring (bicyclic) bond motifs is 1. The third-order valence-electron chi connectivity index (χ3n) is 6.07. The first-order chi connectivity index (χ1) is 14.3. The maximum absolute atomic E-state index is 14.5. The van der Waals surface area contributed by atoms with Gasteiger partial charge in [0, 0.05) is 11.8 Å². The van der Waals surface area contributed by atoms with E-state index in [2.05, 4.69) is 4.74 Å². The van der Waals surface area contributed by atoms with Gasteiger partial charge >= 0.3 is 27.5 Å². The molecule has 166 valence electrons. The van der Waals surface area contributed by atoms with Crippen LogP contribution in [0.4, 0.5) is 22.0 Å². The molecule has 5 rings (SSSR count). The Bertz CT molecular complexity index is 1110. The summed E-state index contributed by atoms with van der Waals surface area (Å²) in [6, 6.07) is 12.9. The van der Waals surface area contributed by atoms with Crippen LogP contribution in [0.3, 0.4) is 0 Å². The number of alkyl halides is 5. The molecular formula is C20H15F5O5S. The molecule has 0 heterocycles. The average Bonchev–Trinajstić information content (AvgIpc) is 2.70. The largest absolute Gasteiger partial charge is 0.465 e. The minimum absolute atomic E-state index is 0.340. The second kappa shape index (κ2) is 6.73. The molecule has 2 aromatic carbocycles. The molecule has 0 amide bonds. The standard InChI is InChI=1S/C20H15F5O5S/c21-19(22,31(27,28)29)17(26)30-10-18(20(23,24)25)9-15-11-5-1-3-7-13(11)16(18)14-8-4-2-6-12(14)15/h1-8,15-16H,9-10H2,(H,27,28,29). The highest BCUT2D eigenvalue weighted by Gasteiger charge is 2.67. The molecule has 3 aliphatic carbocycles. The van der Waals surface area contributed by atoms with E-state index in [0.29, 0.717) is 22.3 Å². The van der Waals surface area contributed by atoms with Gasteiger partial charge in [-0.05, 0) is 28.7 Å². The van der Waals surface area contributed by atoms with Crippen molar-refractivity contribution in [3.63, 3.8) is 0 Å². The molecule has 1 atom stereocenters. The number of hydrogen-bond donors (Lipinski definition) is 1. The van der Waals surface area contributed by atoms with Gasteiger partial charge in [0.15, 0.2) is 0 Å². The first kappa shape index (κ1) is 21.7. The normalized spacial score (nSPS) is 25.0. The van der Waals surface area contributed by atoms with Crippen molar-refractivity contribution < 1.29 is 44.5 Å². The molecule has 3 aliphatic rings. The Morgan fingerprint density at radius 2 is 1.42 bits per heavy atom. The molecular weight excluding hydrogens is 447 g/mol. The fraction of sp³-hybridized carbons (Fsp3) is 0.350. The Labute approximate surface area is 173 Å². The van der Waals surface area contributed by atoms with Crippen molar-refractivity contribution >= 4 is 16.1 Å². The summed E-state index contributed by atoms with van der Waals surface area (Å²) in [6.45, 7) is -1.52. The molecule has 11 heteroatoms. The smallest absolute Gasteiger partial charge is 0.459 e. The molecule has 1 unspecified atom stereocenters. The summed E-state index contributed by atoms with van der Waals surface area (Å²) >= 11 is 0. The van der Waals surface area contributed by atoms with Crippen molar-refractivity contribution in [2.24, 2.45) is 5.41 Å². The van der Waals surface area contributed by atoms with Crippen LogP contribution in [0, 0.1) is 5.41 Å². The summed E-state index contributed by atoms with van der Waals surface area (Å²) in [4.78, 5) is 11.6. The third-order valence-corrected chi connectivity index (χ3v) is 6.89. The van der Waals surface area contributed by atoms with E-state index >= 15 is 0 Å². The van der Waals surface area contributed by atoms with E-state index < -0.39 is 57.8 Å². The summed E-state index contributed by atoms with van der Waals surface area (Å²) in [5, 5.41) is -5.39. The molecule has 31 heavy (non-hydrogen) atoms. The quantitative estimate of drug-likeness (QED) is 0.418. The number of benzene rings is 2. The summed E-state index contributed by atoms with van der Waals surface area (Å²) in [6.07, 6.45) is -5.55. The summed E-state index contributed by atoms with van der Waals surface area (Å²) in [5.74, 6) is -4.83. The van der Waals surface area contributed by atoms with Crippen LogP contribution in [0.5, 0.6) is 0 Å². The zero-order valence-electron chi connectivity index (χ0n) is 15.6. The van der Waals surface area contributed by atoms with E-state index in [1.165, 1.54) is 12.1 Å². The van der Waals surface area contributed by atoms with Crippen molar-refractivity contribution in [2.75, 3.05) is 6.61 Å². The highest BCUT2D eigenvalue weighted by Crippen LogP contribution is 2.66. The minimum Gasteiger partial charge on any atom is -0.459 e. The van der Waals surface area contributed by atoms with E-state index in [0.717, 1.165) is 0 Å². The van der Waals surface area contributed by atoms with Gasteiger partial charge in [0.05, 0.1) is 0 Å². The van der Waals surface area contributed by atoms with E-state index in [-0.39, 0.29) is 0 Å². The van der Waals surface area contributed by atoms with Gasteiger partial charge in [-0.1, -0.05) is 48.5 Å². The van der Waals surface area contributed by atoms with Gasteiger partial charge in [-0.2, -0.15) is 30.4 Å². The van der Waals surface area contributed by atoms with Crippen LogP contribution in [0.2, 0.25) is 0 Å². The topological polar surface area (TPSA) is 80.7 Å². The zero-order chi connectivity index (χ0) is 22.8. The van der Waals surface area contributed by atoms with Crippen molar-refractivity contribution in [3.05, 3.63) is 70.8 Å². The summed E-state index contributed by atoms with van der Waals surface area (Å²) in [7, 11) is -6.21. The number of halogens is 5. The number of esters is 1. The highest BCUT2D eigenvalue weighted by molar-refractivity contribution is 7.87. The van der Waals surface area contributed by atoms with Crippen LogP contribution in [-0.2, 0) is 19.6 Å². The van der Waals surface area contributed by atoms with Crippen molar-refractivity contribution in [2.45, 2.75) is 29.7 Å². The van der Waals surface area contributed by atoms with E-state index in [1.807, 2.05) is 0 Å². The summed E-state index contributed by atoms with van der Waals surface area (Å²) < 4.78 is 105. The molecule has 0 radical (unpaired) electrons. The first-order valence-corrected chi connectivity index (χ1v) is 10.5. The van der Waals surface area contributed by atoms with Gasteiger partial charge in [0.25, 0.3) is 0 Å². The third kappa shape index (κ3) is 3.05. The summed E-state index contributed by atoms with van der Waals surface area (Å²) in [5.41, 5.74) is -0.744. The number of carbonyl (C=O) groups excluding carboxylic acids is 1. The molecule has 1 N–H and O–H groups in total. The molecule has 0 aromatic heterocycles. The molecule has 0 saturated carbocycles. The van der Waals surface area contributed by atoms with Crippen LogP contribution in [0.1, 0.15) is 40.5 Å². The average molecular weight is 462 g/mol. The Balaban J connectivity index is 1.82. The van der Waals surface area contributed by atoms with Crippen LogP contribution in [0.15, 0.2) is 48.5 Å². The number of carbonyl (C=O) groups is 1. The minimum atomic E-state index is -6.21.